The summed E-state index contributed by atoms with van der Waals surface area (Å²) in [5.41, 5.74) is 2.66. The molecule has 0 radical (unpaired) electrons. The van der Waals surface area contributed by atoms with E-state index in [2.05, 4.69) is 0 Å². The number of aromatic hydroxyl groups is 3. The Kier molecular flexibility index (Phi) is 5.22. The van der Waals surface area contributed by atoms with E-state index in [0.29, 0.717) is 33.8 Å². The number of benzene rings is 3. The van der Waals surface area contributed by atoms with E-state index in [4.69, 9.17) is 14.2 Å². The SMILES string of the molecule is COc1cc(O)c(-c2cccc(OC)c2O)cc1-c1cc(C)cc(OC)c1O. The molecule has 146 valence electrons. The van der Waals surface area contributed by atoms with Gasteiger partial charge in [-0.05, 0) is 36.8 Å². The minimum Gasteiger partial charge on any atom is -0.507 e. The molecule has 6 heteroatoms. The smallest absolute Gasteiger partial charge is 0.165 e. The number of phenolic OH excluding ortho intramolecular Hbond substituents is 3. The number of phenols is 3. The highest BCUT2D eigenvalue weighted by molar-refractivity contribution is 5.87. The molecule has 0 unspecified atom stereocenters. The second-order valence-electron chi connectivity index (χ2n) is 6.29. The number of hydrogen-bond donors (Lipinski definition) is 3. The lowest BCUT2D eigenvalue weighted by atomic mass is 9.95. The summed E-state index contributed by atoms with van der Waals surface area (Å²) in [6.45, 7) is 1.88. The molecule has 6 nitrogen and oxygen atoms in total. The van der Waals surface area contributed by atoms with Gasteiger partial charge in [-0.2, -0.15) is 0 Å². The van der Waals surface area contributed by atoms with Crippen LogP contribution in [-0.2, 0) is 0 Å². The van der Waals surface area contributed by atoms with Gasteiger partial charge < -0.3 is 29.5 Å². The van der Waals surface area contributed by atoms with Crippen molar-refractivity contribution in [3.05, 3.63) is 48.0 Å². The van der Waals surface area contributed by atoms with E-state index in [0.717, 1.165) is 5.56 Å². The molecule has 0 aromatic heterocycles. The molecule has 0 saturated heterocycles. The van der Waals surface area contributed by atoms with E-state index in [1.54, 1.807) is 36.4 Å². The molecule has 0 heterocycles. The summed E-state index contributed by atoms with van der Waals surface area (Å²) < 4.78 is 15.8. The monoisotopic (exact) mass is 382 g/mol. The Balaban J connectivity index is 2.31. The van der Waals surface area contributed by atoms with E-state index in [1.165, 1.54) is 27.4 Å². The number of para-hydroxylation sites is 1. The quantitative estimate of drug-likeness (QED) is 0.603. The van der Waals surface area contributed by atoms with Crippen LogP contribution >= 0.6 is 0 Å². The molecule has 0 spiro atoms. The molecular weight excluding hydrogens is 360 g/mol. The van der Waals surface area contributed by atoms with E-state index >= 15 is 0 Å². The van der Waals surface area contributed by atoms with Gasteiger partial charge in [0, 0.05) is 28.3 Å². The van der Waals surface area contributed by atoms with Crippen molar-refractivity contribution in [2.75, 3.05) is 21.3 Å². The number of hydrogen-bond acceptors (Lipinski definition) is 6. The molecule has 0 aliphatic heterocycles. The van der Waals surface area contributed by atoms with Crippen LogP contribution in [-0.4, -0.2) is 36.6 Å². The second-order valence-corrected chi connectivity index (χ2v) is 6.29. The number of aryl methyl sites for hydroxylation is 1. The van der Waals surface area contributed by atoms with E-state index in [1.807, 2.05) is 6.92 Å². The van der Waals surface area contributed by atoms with E-state index in [9.17, 15) is 15.3 Å². The molecule has 3 aromatic rings. The van der Waals surface area contributed by atoms with E-state index in [-0.39, 0.29) is 23.0 Å². The predicted molar refractivity (Wildman–Crippen MR) is 107 cm³/mol. The average Bonchev–Trinajstić information content (AvgIpc) is 2.69. The Hall–Kier alpha value is -3.54. The first kappa shape index (κ1) is 19.2. The summed E-state index contributed by atoms with van der Waals surface area (Å²) in [5, 5.41) is 31.7. The van der Waals surface area contributed by atoms with Crippen molar-refractivity contribution in [1.82, 2.24) is 0 Å². The summed E-state index contributed by atoms with van der Waals surface area (Å²) in [7, 11) is 4.41. The molecule has 0 amide bonds. The molecule has 0 aliphatic carbocycles. The van der Waals surface area contributed by atoms with Crippen LogP contribution in [0.4, 0.5) is 0 Å². The summed E-state index contributed by atoms with van der Waals surface area (Å²) >= 11 is 0. The highest BCUT2D eigenvalue weighted by atomic mass is 16.5. The highest BCUT2D eigenvalue weighted by Crippen LogP contribution is 2.48. The highest BCUT2D eigenvalue weighted by Gasteiger charge is 2.20. The van der Waals surface area contributed by atoms with Crippen LogP contribution in [0.25, 0.3) is 22.3 Å². The molecule has 3 N–H and O–H groups in total. The van der Waals surface area contributed by atoms with Crippen LogP contribution in [0.1, 0.15) is 5.56 Å². The Morgan fingerprint density at radius 3 is 1.89 bits per heavy atom. The molecule has 28 heavy (non-hydrogen) atoms. The van der Waals surface area contributed by atoms with Crippen molar-refractivity contribution in [3.8, 4) is 56.8 Å². The maximum atomic E-state index is 10.6. The Morgan fingerprint density at radius 2 is 1.25 bits per heavy atom. The molecule has 0 aliphatic rings. The first-order chi connectivity index (χ1) is 13.4. The van der Waals surface area contributed by atoms with Crippen LogP contribution in [0.5, 0.6) is 34.5 Å². The van der Waals surface area contributed by atoms with E-state index < -0.39 is 0 Å². The first-order valence-electron chi connectivity index (χ1n) is 8.56. The van der Waals surface area contributed by atoms with Gasteiger partial charge in [0.15, 0.2) is 23.0 Å². The largest absolute Gasteiger partial charge is 0.507 e. The standard InChI is InChI=1S/C22H22O6/c1-12-8-16(22(25)20(9-12)28-4)15-10-14(17(23)11-19(15)27-3)13-6-5-7-18(26-2)21(13)24/h5-11,23-25H,1-4H3. The van der Waals surface area contributed by atoms with Crippen molar-refractivity contribution < 1.29 is 29.5 Å². The van der Waals surface area contributed by atoms with Gasteiger partial charge in [-0.1, -0.05) is 12.1 Å². The maximum absolute atomic E-state index is 10.6. The third-order valence-electron chi connectivity index (χ3n) is 4.56. The zero-order valence-corrected chi connectivity index (χ0v) is 16.1. The van der Waals surface area contributed by atoms with Crippen LogP contribution in [0.3, 0.4) is 0 Å². The van der Waals surface area contributed by atoms with Crippen molar-refractivity contribution >= 4 is 0 Å². The van der Waals surface area contributed by atoms with Gasteiger partial charge in [0.05, 0.1) is 21.3 Å². The van der Waals surface area contributed by atoms with Gasteiger partial charge in [0.25, 0.3) is 0 Å². The summed E-state index contributed by atoms with van der Waals surface area (Å²) in [4.78, 5) is 0. The Morgan fingerprint density at radius 1 is 0.607 bits per heavy atom. The van der Waals surface area contributed by atoms with Gasteiger partial charge >= 0.3 is 0 Å². The third-order valence-corrected chi connectivity index (χ3v) is 4.56. The zero-order chi connectivity index (χ0) is 20.4. The van der Waals surface area contributed by atoms with Crippen molar-refractivity contribution in [3.63, 3.8) is 0 Å². The fourth-order valence-electron chi connectivity index (χ4n) is 3.18. The minimum absolute atomic E-state index is 0.0436. The lowest BCUT2D eigenvalue weighted by molar-refractivity contribution is 0.373. The molecule has 0 fully saturated rings. The van der Waals surface area contributed by atoms with Crippen LogP contribution in [0, 0.1) is 6.92 Å². The van der Waals surface area contributed by atoms with Crippen molar-refractivity contribution in [1.29, 1.82) is 0 Å². The van der Waals surface area contributed by atoms with Gasteiger partial charge in [-0.3, -0.25) is 0 Å². The van der Waals surface area contributed by atoms with Crippen molar-refractivity contribution in [2.45, 2.75) is 6.92 Å². The Labute approximate surface area is 163 Å². The van der Waals surface area contributed by atoms with Gasteiger partial charge in [0.1, 0.15) is 11.5 Å². The minimum atomic E-state index is -0.0949. The lowest BCUT2D eigenvalue weighted by Crippen LogP contribution is -1.94. The third kappa shape index (κ3) is 3.24. The summed E-state index contributed by atoms with van der Waals surface area (Å²) in [6.07, 6.45) is 0. The molecule has 3 rings (SSSR count). The van der Waals surface area contributed by atoms with Gasteiger partial charge in [-0.25, -0.2) is 0 Å². The fraction of sp³-hybridized carbons (Fsp3) is 0.182. The predicted octanol–water partition coefficient (Wildman–Crippen LogP) is 4.47. The second kappa shape index (κ2) is 7.60. The zero-order valence-electron chi connectivity index (χ0n) is 16.1. The molecular formula is C22H22O6. The number of ether oxygens (including phenoxy) is 3. The maximum Gasteiger partial charge on any atom is 0.165 e. The number of methoxy groups -OCH3 is 3. The topological polar surface area (TPSA) is 88.4 Å². The normalized spacial score (nSPS) is 10.6. The average molecular weight is 382 g/mol. The number of rotatable bonds is 5. The molecule has 3 aromatic carbocycles. The van der Waals surface area contributed by atoms with Gasteiger partial charge in [-0.15, -0.1) is 0 Å². The summed E-state index contributed by atoms with van der Waals surface area (Å²) in [6, 6.07) is 11.6. The fourth-order valence-corrected chi connectivity index (χ4v) is 3.18. The van der Waals surface area contributed by atoms with Crippen LogP contribution in [0.15, 0.2) is 42.5 Å². The van der Waals surface area contributed by atoms with Crippen molar-refractivity contribution in [2.24, 2.45) is 0 Å². The molecule has 0 saturated carbocycles. The first-order valence-corrected chi connectivity index (χ1v) is 8.56. The molecule has 0 bridgehead atoms. The summed E-state index contributed by atoms with van der Waals surface area (Å²) in [5.74, 6) is 0.764. The lowest BCUT2D eigenvalue weighted by Gasteiger charge is -2.17. The van der Waals surface area contributed by atoms with Crippen LogP contribution in [0.2, 0.25) is 0 Å². The molecule has 0 atom stereocenters. The van der Waals surface area contributed by atoms with Gasteiger partial charge in [0.2, 0.25) is 0 Å². The van der Waals surface area contributed by atoms with Crippen LogP contribution < -0.4 is 14.2 Å². The Bertz CT molecular complexity index is 1030.